The molecule has 0 aliphatic heterocycles. The standard InChI is InChI=1S/C26H26FN3O2/c1-18-23(19(2)30(29-18)17-20-8-4-3-5-9-20)16-28-26(31)15-13-21-12-14-25(32-21)22-10-6-7-11-24(22)27/h3-12,14H,13,15-17H2,1-2H3,(H,28,31). The van der Waals surface area contributed by atoms with Gasteiger partial charge in [-0.15, -0.1) is 0 Å². The fourth-order valence-electron chi connectivity index (χ4n) is 3.73. The zero-order valence-corrected chi connectivity index (χ0v) is 18.3. The van der Waals surface area contributed by atoms with Crippen LogP contribution in [0.4, 0.5) is 4.39 Å². The van der Waals surface area contributed by atoms with Crippen LogP contribution in [0.1, 0.15) is 34.7 Å². The average molecular weight is 432 g/mol. The van der Waals surface area contributed by atoms with Gasteiger partial charge in [0, 0.05) is 30.6 Å². The first-order valence-electron chi connectivity index (χ1n) is 10.7. The van der Waals surface area contributed by atoms with E-state index in [-0.39, 0.29) is 11.7 Å². The van der Waals surface area contributed by atoms with Crippen LogP contribution < -0.4 is 5.32 Å². The van der Waals surface area contributed by atoms with E-state index in [1.54, 1.807) is 30.3 Å². The van der Waals surface area contributed by atoms with Crippen molar-refractivity contribution in [2.75, 3.05) is 0 Å². The van der Waals surface area contributed by atoms with E-state index in [2.05, 4.69) is 22.5 Å². The number of hydrogen-bond acceptors (Lipinski definition) is 3. The smallest absolute Gasteiger partial charge is 0.220 e. The van der Waals surface area contributed by atoms with Gasteiger partial charge < -0.3 is 9.73 Å². The third-order valence-electron chi connectivity index (χ3n) is 5.57. The fourth-order valence-corrected chi connectivity index (χ4v) is 3.73. The van der Waals surface area contributed by atoms with Gasteiger partial charge in [0.25, 0.3) is 0 Å². The summed E-state index contributed by atoms with van der Waals surface area (Å²) in [5.41, 5.74) is 4.60. The molecule has 164 valence electrons. The zero-order valence-electron chi connectivity index (χ0n) is 18.3. The molecule has 5 nitrogen and oxygen atoms in total. The van der Waals surface area contributed by atoms with Gasteiger partial charge in [0.1, 0.15) is 17.3 Å². The Balaban J connectivity index is 1.32. The summed E-state index contributed by atoms with van der Waals surface area (Å²) in [6, 6.07) is 20.2. The molecule has 2 aromatic heterocycles. The molecule has 2 aromatic carbocycles. The summed E-state index contributed by atoms with van der Waals surface area (Å²) in [6.45, 7) is 5.12. The number of furan rings is 1. The molecule has 0 atom stereocenters. The second-order valence-corrected chi connectivity index (χ2v) is 7.82. The normalized spacial score (nSPS) is 11.0. The third-order valence-corrected chi connectivity index (χ3v) is 5.57. The van der Waals surface area contributed by atoms with E-state index in [0.29, 0.717) is 43.0 Å². The molecule has 4 aromatic rings. The molecule has 4 rings (SSSR count). The molecule has 0 fully saturated rings. The summed E-state index contributed by atoms with van der Waals surface area (Å²) in [5, 5.41) is 7.62. The number of rotatable bonds is 8. The zero-order chi connectivity index (χ0) is 22.5. The van der Waals surface area contributed by atoms with Gasteiger partial charge in [-0.1, -0.05) is 42.5 Å². The lowest BCUT2D eigenvalue weighted by Crippen LogP contribution is -2.23. The molecule has 0 saturated heterocycles. The first-order chi connectivity index (χ1) is 15.5. The van der Waals surface area contributed by atoms with Crippen LogP contribution in [0.25, 0.3) is 11.3 Å². The van der Waals surface area contributed by atoms with E-state index in [1.807, 2.05) is 36.7 Å². The molecule has 0 saturated carbocycles. The lowest BCUT2D eigenvalue weighted by atomic mass is 10.1. The van der Waals surface area contributed by atoms with Crippen LogP contribution >= 0.6 is 0 Å². The predicted molar refractivity (Wildman–Crippen MR) is 122 cm³/mol. The maximum Gasteiger partial charge on any atom is 0.220 e. The predicted octanol–water partition coefficient (Wildman–Crippen LogP) is 5.20. The SMILES string of the molecule is Cc1nn(Cc2ccccc2)c(C)c1CNC(=O)CCc1ccc(-c2ccccc2F)o1. The molecule has 0 aliphatic rings. The minimum Gasteiger partial charge on any atom is -0.461 e. The highest BCUT2D eigenvalue weighted by molar-refractivity contribution is 5.76. The van der Waals surface area contributed by atoms with Crippen LogP contribution in [-0.4, -0.2) is 15.7 Å². The van der Waals surface area contributed by atoms with Crippen molar-refractivity contribution in [3.05, 3.63) is 101 Å². The summed E-state index contributed by atoms with van der Waals surface area (Å²) in [4.78, 5) is 12.4. The number of aryl methyl sites for hydroxylation is 2. The minimum absolute atomic E-state index is 0.0662. The number of nitrogens with one attached hydrogen (secondary N) is 1. The highest BCUT2D eigenvalue weighted by atomic mass is 19.1. The quantitative estimate of drug-likeness (QED) is 0.417. The van der Waals surface area contributed by atoms with Crippen molar-refractivity contribution in [2.45, 2.75) is 39.8 Å². The van der Waals surface area contributed by atoms with Crippen molar-refractivity contribution >= 4 is 5.91 Å². The Bertz CT molecular complexity index is 1210. The van der Waals surface area contributed by atoms with Crippen molar-refractivity contribution in [3.63, 3.8) is 0 Å². The molecule has 0 spiro atoms. The molecule has 0 unspecified atom stereocenters. The van der Waals surface area contributed by atoms with Crippen LogP contribution in [0.2, 0.25) is 0 Å². The van der Waals surface area contributed by atoms with Gasteiger partial charge in [-0.2, -0.15) is 5.10 Å². The largest absolute Gasteiger partial charge is 0.461 e. The Labute approximate surface area is 186 Å². The van der Waals surface area contributed by atoms with Gasteiger partial charge >= 0.3 is 0 Å². The molecule has 6 heteroatoms. The maximum atomic E-state index is 13.9. The Morgan fingerprint density at radius 2 is 1.78 bits per heavy atom. The van der Waals surface area contributed by atoms with E-state index >= 15 is 0 Å². The summed E-state index contributed by atoms with van der Waals surface area (Å²) >= 11 is 0. The lowest BCUT2D eigenvalue weighted by Gasteiger charge is -2.07. The van der Waals surface area contributed by atoms with Crippen LogP contribution in [-0.2, 0) is 24.3 Å². The molecule has 1 amide bonds. The molecule has 32 heavy (non-hydrogen) atoms. The van der Waals surface area contributed by atoms with E-state index < -0.39 is 0 Å². The van der Waals surface area contributed by atoms with Gasteiger partial charge in [0.15, 0.2) is 0 Å². The first kappa shape index (κ1) is 21.6. The lowest BCUT2D eigenvalue weighted by molar-refractivity contribution is -0.121. The number of nitrogens with zero attached hydrogens (tertiary/aromatic N) is 2. The van der Waals surface area contributed by atoms with Crippen molar-refractivity contribution in [1.29, 1.82) is 0 Å². The Morgan fingerprint density at radius 1 is 1.03 bits per heavy atom. The van der Waals surface area contributed by atoms with Gasteiger partial charge in [0.05, 0.1) is 17.8 Å². The van der Waals surface area contributed by atoms with Crippen molar-refractivity contribution < 1.29 is 13.6 Å². The summed E-state index contributed by atoms with van der Waals surface area (Å²) in [5.74, 6) is 0.727. The first-order valence-corrected chi connectivity index (χ1v) is 10.7. The second kappa shape index (κ2) is 9.64. The summed E-state index contributed by atoms with van der Waals surface area (Å²) in [7, 11) is 0. The van der Waals surface area contributed by atoms with Gasteiger partial charge in [0.2, 0.25) is 5.91 Å². The number of carbonyl (C=O) groups excluding carboxylic acids is 1. The third kappa shape index (κ3) is 4.97. The number of amides is 1. The Hall–Kier alpha value is -3.67. The number of hydrogen-bond donors (Lipinski definition) is 1. The molecular weight excluding hydrogens is 405 g/mol. The molecule has 0 aliphatic carbocycles. The molecular formula is C26H26FN3O2. The summed E-state index contributed by atoms with van der Waals surface area (Å²) < 4.78 is 21.6. The van der Waals surface area contributed by atoms with Crippen LogP contribution in [0.15, 0.2) is 71.1 Å². The number of aromatic nitrogens is 2. The van der Waals surface area contributed by atoms with Crippen molar-refractivity contribution in [1.82, 2.24) is 15.1 Å². The second-order valence-electron chi connectivity index (χ2n) is 7.82. The van der Waals surface area contributed by atoms with Crippen LogP contribution in [0.5, 0.6) is 0 Å². The minimum atomic E-state index is -0.329. The van der Waals surface area contributed by atoms with Crippen molar-refractivity contribution in [3.8, 4) is 11.3 Å². The van der Waals surface area contributed by atoms with Crippen LogP contribution in [0.3, 0.4) is 0 Å². The molecule has 0 radical (unpaired) electrons. The highest BCUT2D eigenvalue weighted by Gasteiger charge is 2.14. The average Bonchev–Trinajstić information content (AvgIpc) is 3.36. The van der Waals surface area contributed by atoms with Gasteiger partial charge in [-0.05, 0) is 43.7 Å². The van der Waals surface area contributed by atoms with E-state index in [9.17, 15) is 9.18 Å². The monoisotopic (exact) mass is 431 g/mol. The molecule has 2 heterocycles. The number of halogens is 1. The van der Waals surface area contributed by atoms with E-state index in [0.717, 1.165) is 17.0 Å². The Kier molecular flexibility index (Phi) is 6.50. The van der Waals surface area contributed by atoms with Gasteiger partial charge in [-0.25, -0.2) is 4.39 Å². The van der Waals surface area contributed by atoms with Crippen LogP contribution in [0, 0.1) is 19.7 Å². The molecule has 0 bridgehead atoms. The highest BCUT2D eigenvalue weighted by Crippen LogP contribution is 2.25. The summed E-state index contributed by atoms with van der Waals surface area (Å²) in [6.07, 6.45) is 0.742. The Morgan fingerprint density at radius 3 is 2.56 bits per heavy atom. The molecule has 1 N–H and O–H groups in total. The van der Waals surface area contributed by atoms with E-state index in [4.69, 9.17) is 4.42 Å². The van der Waals surface area contributed by atoms with E-state index in [1.165, 1.54) is 11.6 Å². The fraction of sp³-hybridized carbons (Fsp3) is 0.231. The number of benzene rings is 2. The maximum absolute atomic E-state index is 13.9. The van der Waals surface area contributed by atoms with Crippen molar-refractivity contribution in [2.24, 2.45) is 0 Å². The number of carbonyl (C=O) groups is 1. The van der Waals surface area contributed by atoms with Gasteiger partial charge in [-0.3, -0.25) is 9.48 Å². The topological polar surface area (TPSA) is 60.1 Å².